The van der Waals surface area contributed by atoms with Gasteiger partial charge in [-0.1, -0.05) is 19.8 Å². The van der Waals surface area contributed by atoms with Gasteiger partial charge >= 0.3 is 0 Å². The summed E-state index contributed by atoms with van der Waals surface area (Å²) < 4.78 is 2.34. The zero-order valence-electron chi connectivity index (χ0n) is 9.52. The van der Waals surface area contributed by atoms with Crippen LogP contribution in [-0.4, -0.2) is 16.1 Å². The molecule has 0 bridgehead atoms. The molecule has 1 unspecified atom stereocenters. The van der Waals surface area contributed by atoms with E-state index in [1.54, 1.807) is 0 Å². The molecule has 2 rings (SSSR count). The Bertz CT molecular complexity index is 302. The Hall–Kier alpha value is -0.830. The molecule has 1 fully saturated rings. The lowest BCUT2D eigenvalue weighted by Gasteiger charge is -2.19. The molecule has 1 aliphatic rings. The average molecular weight is 207 g/mol. The van der Waals surface area contributed by atoms with Crippen LogP contribution in [0.1, 0.15) is 44.3 Å². The second-order valence-corrected chi connectivity index (χ2v) is 4.57. The minimum Gasteiger partial charge on any atom is -0.332 e. The van der Waals surface area contributed by atoms with Crippen LogP contribution in [0.4, 0.5) is 0 Å². The number of aromatic nitrogens is 2. The quantitative estimate of drug-likeness (QED) is 0.776. The highest BCUT2D eigenvalue weighted by atomic mass is 15.1. The highest BCUT2D eigenvalue weighted by Gasteiger charge is 2.26. The van der Waals surface area contributed by atoms with Gasteiger partial charge in [-0.15, -0.1) is 0 Å². The first kappa shape index (κ1) is 10.7. The fraction of sp³-hybridized carbons (Fsp3) is 0.750. The largest absolute Gasteiger partial charge is 0.332 e. The summed E-state index contributed by atoms with van der Waals surface area (Å²) in [4.78, 5) is 4.24. The summed E-state index contributed by atoms with van der Waals surface area (Å²) >= 11 is 0. The highest BCUT2D eigenvalue weighted by molar-refractivity contribution is 5.01. The summed E-state index contributed by atoms with van der Waals surface area (Å²) in [5.74, 6) is 0.975. The zero-order valence-corrected chi connectivity index (χ0v) is 9.52. The van der Waals surface area contributed by atoms with E-state index in [1.807, 2.05) is 12.5 Å². The van der Waals surface area contributed by atoms with Gasteiger partial charge in [-0.3, -0.25) is 0 Å². The first-order valence-corrected chi connectivity index (χ1v) is 6.06. The van der Waals surface area contributed by atoms with Crippen molar-refractivity contribution in [3.63, 3.8) is 0 Å². The van der Waals surface area contributed by atoms with Crippen molar-refractivity contribution < 1.29 is 0 Å². The summed E-state index contributed by atoms with van der Waals surface area (Å²) in [6, 6.07) is 0.640. The fourth-order valence-corrected chi connectivity index (χ4v) is 2.22. The molecule has 1 heterocycles. The molecule has 0 spiro atoms. The molecule has 3 heteroatoms. The molecule has 3 nitrogen and oxygen atoms in total. The summed E-state index contributed by atoms with van der Waals surface area (Å²) in [5.41, 5.74) is 6.90. The minimum atomic E-state index is 0.640. The first-order chi connectivity index (χ1) is 7.35. The lowest BCUT2D eigenvalue weighted by Crippen LogP contribution is -2.14. The van der Waals surface area contributed by atoms with Gasteiger partial charge in [0.25, 0.3) is 0 Å². The maximum absolute atomic E-state index is 5.60. The van der Waals surface area contributed by atoms with Crippen molar-refractivity contribution in [3.8, 4) is 0 Å². The number of hydrogen-bond donors (Lipinski definition) is 1. The predicted octanol–water partition coefficient (Wildman–Crippen LogP) is 2.14. The second-order valence-electron chi connectivity index (χ2n) is 4.57. The third kappa shape index (κ3) is 2.59. The Morgan fingerprint density at radius 1 is 1.60 bits per heavy atom. The van der Waals surface area contributed by atoms with Gasteiger partial charge in [0.05, 0.1) is 6.33 Å². The van der Waals surface area contributed by atoms with Gasteiger partial charge in [0.1, 0.15) is 0 Å². The molecule has 0 amide bonds. The molecule has 1 aromatic heterocycles. The number of rotatable bonds is 6. The van der Waals surface area contributed by atoms with Crippen LogP contribution in [-0.2, 0) is 6.42 Å². The molecule has 1 atom stereocenters. The topological polar surface area (TPSA) is 43.8 Å². The van der Waals surface area contributed by atoms with Gasteiger partial charge in [-0.05, 0) is 25.3 Å². The monoisotopic (exact) mass is 207 g/mol. The lowest BCUT2D eigenvalue weighted by molar-refractivity contribution is 0.418. The van der Waals surface area contributed by atoms with E-state index in [4.69, 9.17) is 5.73 Å². The minimum absolute atomic E-state index is 0.640. The van der Waals surface area contributed by atoms with Crippen molar-refractivity contribution in [3.05, 3.63) is 18.2 Å². The first-order valence-electron chi connectivity index (χ1n) is 6.06. The third-order valence-electron chi connectivity index (χ3n) is 3.31. The Labute approximate surface area is 91.7 Å². The van der Waals surface area contributed by atoms with E-state index >= 15 is 0 Å². The second kappa shape index (κ2) is 4.79. The van der Waals surface area contributed by atoms with Crippen molar-refractivity contribution >= 4 is 0 Å². The lowest BCUT2D eigenvalue weighted by atomic mass is 10.1. The van der Waals surface area contributed by atoms with Crippen LogP contribution in [0.3, 0.4) is 0 Å². The SMILES string of the molecule is CCC(CC1CC1)n1cncc1CCN. The van der Waals surface area contributed by atoms with Crippen molar-refractivity contribution in [1.29, 1.82) is 0 Å². The van der Waals surface area contributed by atoms with Crippen LogP contribution >= 0.6 is 0 Å². The Morgan fingerprint density at radius 2 is 2.40 bits per heavy atom. The van der Waals surface area contributed by atoms with Crippen molar-refractivity contribution in [1.82, 2.24) is 9.55 Å². The van der Waals surface area contributed by atoms with Crippen LogP contribution in [0.2, 0.25) is 0 Å². The number of nitrogens with two attached hydrogens (primary N) is 1. The van der Waals surface area contributed by atoms with Gasteiger partial charge < -0.3 is 10.3 Å². The van der Waals surface area contributed by atoms with Crippen molar-refractivity contribution in [2.75, 3.05) is 6.54 Å². The van der Waals surface area contributed by atoms with Crippen LogP contribution in [0.15, 0.2) is 12.5 Å². The van der Waals surface area contributed by atoms with Gasteiger partial charge in [-0.2, -0.15) is 0 Å². The third-order valence-corrected chi connectivity index (χ3v) is 3.31. The molecule has 0 aromatic carbocycles. The number of imidazole rings is 1. The van der Waals surface area contributed by atoms with Crippen LogP contribution in [0.5, 0.6) is 0 Å². The van der Waals surface area contributed by atoms with Gasteiger partial charge in [0.15, 0.2) is 0 Å². The van der Waals surface area contributed by atoms with E-state index in [-0.39, 0.29) is 0 Å². The summed E-state index contributed by atoms with van der Waals surface area (Å²) in [5, 5.41) is 0. The number of nitrogens with zero attached hydrogens (tertiary/aromatic N) is 2. The van der Waals surface area contributed by atoms with E-state index in [9.17, 15) is 0 Å². The van der Waals surface area contributed by atoms with E-state index in [0.717, 1.165) is 12.3 Å². The zero-order chi connectivity index (χ0) is 10.7. The molecule has 0 radical (unpaired) electrons. The van der Waals surface area contributed by atoms with Crippen LogP contribution in [0, 0.1) is 5.92 Å². The van der Waals surface area contributed by atoms with Gasteiger partial charge in [0, 0.05) is 24.4 Å². The Balaban J connectivity index is 2.05. The Kier molecular flexibility index (Phi) is 3.41. The molecule has 0 aliphatic heterocycles. The molecular weight excluding hydrogens is 186 g/mol. The van der Waals surface area contributed by atoms with Gasteiger partial charge in [0.2, 0.25) is 0 Å². The molecule has 1 aromatic rings. The molecule has 1 aliphatic carbocycles. The predicted molar refractivity (Wildman–Crippen MR) is 61.7 cm³/mol. The van der Waals surface area contributed by atoms with E-state index in [1.165, 1.54) is 31.4 Å². The summed E-state index contributed by atoms with van der Waals surface area (Å²) in [6.07, 6.45) is 10.3. The molecule has 1 saturated carbocycles. The molecule has 15 heavy (non-hydrogen) atoms. The van der Waals surface area contributed by atoms with E-state index in [0.29, 0.717) is 12.6 Å². The van der Waals surface area contributed by atoms with Crippen LogP contribution < -0.4 is 5.73 Å². The molecular formula is C12H21N3. The maximum Gasteiger partial charge on any atom is 0.0950 e. The smallest absolute Gasteiger partial charge is 0.0950 e. The number of hydrogen-bond acceptors (Lipinski definition) is 2. The molecule has 2 N–H and O–H groups in total. The van der Waals surface area contributed by atoms with Crippen molar-refractivity contribution in [2.45, 2.75) is 45.1 Å². The summed E-state index contributed by atoms with van der Waals surface area (Å²) in [7, 11) is 0. The average Bonchev–Trinajstić information content (AvgIpc) is 2.95. The standard InChI is InChI=1S/C12H21N3/c1-2-11(7-10-3-4-10)15-9-14-8-12(15)5-6-13/h8-11H,2-7,13H2,1H3. The Morgan fingerprint density at radius 3 is 3.00 bits per heavy atom. The maximum atomic E-state index is 5.60. The van der Waals surface area contributed by atoms with Gasteiger partial charge in [-0.25, -0.2) is 4.98 Å². The van der Waals surface area contributed by atoms with Crippen molar-refractivity contribution in [2.24, 2.45) is 11.7 Å². The highest BCUT2D eigenvalue weighted by Crippen LogP contribution is 2.38. The van der Waals surface area contributed by atoms with E-state index < -0.39 is 0 Å². The fourth-order valence-electron chi connectivity index (χ4n) is 2.22. The molecule has 0 saturated heterocycles. The van der Waals surface area contributed by atoms with Crippen LogP contribution in [0.25, 0.3) is 0 Å². The molecule has 84 valence electrons. The van der Waals surface area contributed by atoms with E-state index in [2.05, 4.69) is 16.5 Å². The normalized spacial score (nSPS) is 18.0. The summed E-state index contributed by atoms with van der Waals surface area (Å²) in [6.45, 7) is 2.98.